The quantitative estimate of drug-likeness (QED) is 0.524. The Morgan fingerprint density at radius 2 is 2.08 bits per heavy atom. The van der Waals surface area contributed by atoms with Crippen molar-refractivity contribution in [2.45, 2.75) is 23.0 Å². The van der Waals surface area contributed by atoms with E-state index in [2.05, 4.69) is 37.5 Å². The molecular weight excluding hydrogens is 471 g/mol. The summed E-state index contributed by atoms with van der Waals surface area (Å²) in [4.78, 5) is 25.0. The molecule has 4 N–H and O–H groups in total. The predicted molar refractivity (Wildman–Crippen MR) is 103 cm³/mol. The molecule has 1 aliphatic heterocycles. The lowest BCUT2D eigenvalue weighted by Crippen LogP contribution is -2.14. The molecule has 3 heterocycles. The number of ether oxygens (including phenoxy) is 2. The Morgan fingerprint density at radius 3 is 2.85 bits per heavy atom. The van der Waals surface area contributed by atoms with Crippen molar-refractivity contribution in [2.75, 3.05) is 12.5 Å². The number of hydrogen-bond acceptors (Lipinski definition) is 8. The number of nitrogen functional groups attached to an aromatic ring is 1. The smallest absolute Gasteiger partial charge is 0.231 e. The number of anilines is 1. The monoisotopic (exact) mass is 484 g/mol. The summed E-state index contributed by atoms with van der Waals surface area (Å²) in [7, 11) is 0. The molecule has 0 atom stereocenters. The van der Waals surface area contributed by atoms with Crippen molar-refractivity contribution in [1.29, 1.82) is 0 Å². The molecule has 1 amide bonds. The maximum atomic E-state index is 11.2. The van der Waals surface area contributed by atoms with Crippen LogP contribution in [0.4, 0.5) is 5.82 Å². The molecule has 3 aromatic rings. The second-order valence-electron chi connectivity index (χ2n) is 5.43. The third-order valence-corrected chi connectivity index (χ3v) is 6.05. The number of hydrogen-bond donors (Lipinski definition) is 2. The number of fused-ring (bicyclic) bond motifs is 2. The summed E-state index contributed by atoms with van der Waals surface area (Å²) in [6, 6.07) is 3.82. The first-order valence-electron chi connectivity index (χ1n) is 7.55. The van der Waals surface area contributed by atoms with Crippen molar-refractivity contribution < 1.29 is 14.3 Å². The Balaban J connectivity index is 1.77. The van der Waals surface area contributed by atoms with Crippen LogP contribution >= 0.6 is 34.4 Å². The number of rotatable bonds is 5. The molecule has 2 aromatic heterocycles. The average molecular weight is 484 g/mol. The number of carbonyl (C=O) groups is 1. The van der Waals surface area contributed by atoms with Gasteiger partial charge in [0, 0.05) is 21.4 Å². The van der Waals surface area contributed by atoms with E-state index in [0.717, 1.165) is 14.2 Å². The van der Waals surface area contributed by atoms with Gasteiger partial charge in [0.1, 0.15) is 6.33 Å². The molecule has 134 valence electrons. The molecule has 9 nitrogen and oxygen atoms in total. The standard InChI is InChI=1S/C15H13IN6O3S/c16-7-3-8-9(25-6-24-8)4-10(7)26-15-21-12-13(18)19-5-20-14(12)22(15)2-1-11(17)23/h3-5H,1-2,6H2,(H2,17,23)(H2,18,19,20). The van der Waals surface area contributed by atoms with Crippen LogP contribution in [0.15, 0.2) is 28.5 Å². The van der Waals surface area contributed by atoms with E-state index < -0.39 is 5.91 Å². The lowest BCUT2D eigenvalue weighted by atomic mass is 10.3. The minimum absolute atomic E-state index is 0.168. The van der Waals surface area contributed by atoms with Crippen LogP contribution in [0.5, 0.6) is 11.5 Å². The minimum Gasteiger partial charge on any atom is -0.454 e. The van der Waals surface area contributed by atoms with Gasteiger partial charge in [-0.05, 0) is 34.7 Å². The minimum atomic E-state index is -0.400. The Labute approximate surface area is 165 Å². The van der Waals surface area contributed by atoms with Gasteiger partial charge in [-0.15, -0.1) is 0 Å². The van der Waals surface area contributed by atoms with Gasteiger partial charge in [-0.25, -0.2) is 15.0 Å². The van der Waals surface area contributed by atoms with E-state index in [1.165, 1.54) is 18.1 Å². The number of aromatic nitrogens is 4. The molecule has 1 aliphatic rings. The van der Waals surface area contributed by atoms with E-state index in [1.54, 1.807) is 0 Å². The van der Waals surface area contributed by atoms with Crippen LogP contribution in [0.1, 0.15) is 6.42 Å². The maximum absolute atomic E-state index is 11.2. The second kappa shape index (κ2) is 6.79. The van der Waals surface area contributed by atoms with Gasteiger partial charge in [0.15, 0.2) is 33.6 Å². The van der Waals surface area contributed by atoms with Crippen LogP contribution in [0, 0.1) is 3.57 Å². The number of nitrogens with two attached hydrogens (primary N) is 2. The van der Waals surface area contributed by atoms with Crippen LogP contribution in [-0.4, -0.2) is 32.2 Å². The number of nitrogens with zero attached hydrogens (tertiary/aromatic N) is 4. The van der Waals surface area contributed by atoms with E-state index in [4.69, 9.17) is 20.9 Å². The van der Waals surface area contributed by atoms with Gasteiger partial charge in [-0.2, -0.15) is 0 Å². The third-order valence-electron chi connectivity index (χ3n) is 3.74. The van der Waals surface area contributed by atoms with Crippen molar-refractivity contribution in [3.05, 3.63) is 22.0 Å². The van der Waals surface area contributed by atoms with Crippen molar-refractivity contribution >= 4 is 57.2 Å². The topological polar surface area (TPSA) is 131 Å². The van der Waals surface area contributed by atoms with Crippen molar-refractivity contribution in [3.63, 3.8) is 0 Å². The summed E-state index contributed by atoms with van der Waals surface area (Å²) < 4.78 is 13.7. The molecule has 0 bridgehead atoms. The predicted octanol–water partition coefficient (Wildman–Crippen LogP) is 1.77. The average Bonchev–Trinajstić information content (AvgIpc) is 3.18. The molecule has 0 spiro atoms. The first-order chi connectivity index (χ1) is 12.5. The molecule has 0 aliphatic carbocycles. The molecule has 4 rings (SSSR count). The summed E-state index contributed by atoms with van der Waals surface area (Å²) in [6.07, 6.45) is 1.54. The fraction of sp³-hybridized carbons (Fsp3) is 0.200. The first-order valence-corrected chi connectivity index (χ1v) is 9.44. The second-order valence-corrected chi connectivity index (χ2v) is 7.60. The van der Waals surface area contributed by atoms with Crippen LogP contribution < -0.4 is 20.9 Å². The number of primary amides is 1. The van der Waals surface area contributed by atoms with Gasteiger partial charge in [0.25, 0.3) is 0 Å². The van der Waals surface area contributed by atoms with Crippen LogP contribution in [0.25, 0.3) is 11.2 Å². The van der Waals surface area contributed by atoms with Gasteiger partial charge in [-0.1, -0.05) is 11.8 Å². The van der Waals surface area contributed by atoms with Crippen molar-refractivity contribution in [3.8, 4) is 11.5 Å². The fourth-order valence-electron chi connectivity index (χ4n) is 2.51. The highest BCUT2D eigenvalue weighted by molar-refractivity contribution is 14.1. The zero-order chi connectivity index (χ0) is 18.3. The van der Waals surface area contributed by atoms with Gasteiger partial charge < -0.3 is 25.5 Å². The van der Waals surface area contributed by atoms with Crippen molar-refractivity contribution in [1.82, 2.24) is 19.5 Å². The number of amides is 1. The third kappa shape index (κ3) is 3.11. The largest absolute Gasteiger partial charge is 0.454 e. The van der Waals surface area contributed by atoms with Crippen LogP contribution in [0.2, 0.25) is 0 Å². The number of benzene rings is 1. The molecule has 0 unspecified atom stereocenters. The van der Waals surface area contributed by atoms with E-state index in [-0.39, 0.29) is 19.0 Å². The molecule has 11 heteroatoms. The maximum Gasteiger partial charge on any atom is 0.231 e. The summed E-state index contributed by atoms with van der Waals surface area (Å²) in [5.74, 6) is 1.29. The Bertz CT molecular complexity index is 1020. The number of aryl methyl sites for hydroxylation is 1. The normalized spacial score (nSPS) is 12.7. The Morgan fingerprint density at radius 1 is 1.31 bits per heavy atom. The highest BCUT2D eigenvalue weighted by atomic mass is 127. The van der Waals surface area contributed by atoms with E-state index >= 15 is 0 Å². The molecule has 0 radical (unpaired) electrons. The van der Waals surface area contributed by atoms with Gasteiger partial charge in [0.05, 0.1) is 0 Å². The number of halogens is 1. The molecular formula is C15H13IN6O3S. The number of carbonyl (C=O) groups excluding carboxylic acids is 1. The van der Waals surface area contributed by atoms with Crippen LogP contribution in [-0.2, 0) is 11.3 Å². The SMILES string of the molecule is NC(=O)CCn1c(Sc2cc3c(cc2I)OCO3)nc2c(N)ncnc21. The molecule has 0 saturated heterocycles. The Hall–Kier alpha value is -2.28. The molecule has 0 saturated carbocycles. The summed E-state index contributed by atoms with van der Waals surface area (Å²) in [6.45, 7) is 0.564. The Kier molecular flexibility index (Phi) is 4.48. The number of imidazole rings is 1. The summed E-state index contributed by atoms with van der Waals surface area (Å²) in [5.41, 5.74) is 12.3. The lowest BCUT2D eigenvalue weighted by molar-refractivity contribution is -0.118. The zero-order valence-corrected chi connectivity index (χ0v) is 16.3. The summed E-state index contributed by atoms with van der Waals surface area (Å²) in [5, 5.41) is 0.644. The molecule has 0 fully saturated rings. The summed E-state index contributed by atoms with van der Waals surface area (Å²) >= 11 is 3.66. The van der Waals surface area contributed by atoms with Crippen molar-refractivity contribution in [2.24, 2.45) is 5.73 Å². The van der Waals surface area contributed by atoms with E-state index in [9.17, 15) is 4.79 Å². The fourth-order valence-corrected chi connectivity index (χ4v) is 4.22. The van der Waals surface area contributed by atoms with Crippen LogP contribution in [0.3, 0.4) is 0 Å². The van der Waals surface area contributed by atoms with Gasteiger partial charge in [0.2, 0.25) is 12.7 Å². The molecule has 26 heavy (non-hydrogen) atoms. The van der Waals surface area contributed by atoms with E-state index in [0.29, 0.717) is 28.6 Å². The highest BCUT2D eigenvalue weighted by Gasteiger charge is 2.20. The van der Waals surface area contributed by atoms with Gasteiger partial charge in [-0.3, -0.25) is 4.79 Å². The molecule has 1 aromatic carbocycles. The highest BCUT2D eigenvalue weighted by Crippen LogP contribution is 2.41. The first kappa shape index (κ1) is 17.1. The lowest BCUT2D eigenvalue weighted by Gasteiger charge is -2.09. The zero-order valence-electron chi connectivity index (χ0n) is 13.3. The van der Waals surface area contributed by atoms with Gasteiger partial charge >= 0.3 is 0 Å². The van der Waals surface area contributed by atoms with E-state index in [1.807, 2.05) is 16.7 Å².